The van der Waals surface area contributed by atoms with Gasteiger partial charge in [-0.2, -0.15) is 0 Å². The molecule has 0 aliphatic heterocycles. The molecule has 3 aromatic rings. The van der Waals surface area contributed by atoms with Gasteiger partial charge in [0.1, 0.15) is 5.75 Å². The highest BCUT2D eigenvalue weighted by molar-refractivity contribution is 6.05. The second-order valence-corrected chi connectivity index (χ2v) is 8.20. The van der Waals surface area contributed by atoms with Crippen LogP contribution in [0.4, 0.5) is 5.69 Å². The average Bonchev–Trinajstić information content (AvgIpc) is 2.80. The van der Waals surface area contributed by atoms with Gasteiger partial charge in [-0.15, -0.1) is 0 Å². The third kappa shape index (κ3) is 6.71. The van der Waals surface area contributed by atoms with Crippen molar-refractivity contribution in [3.63, 3.8) is 0 Å². The molecule has 32 heavy (non-hydrogen) atoms. The van der Waals surface area contributed by atoms with Crippen molar-refractivity contribution in [1.29, 1.82) is 0 Å². The van der Waals surface area contributed by atoms with Crippen LogP contribution in [0.5, 0.6) is 5.75 Å². The minimum atomic E-state index is -0.202. The van der Waals surface area contributed by atoms with Crippen LogP contribution in [0.15, 0.2) is 72.8 Å². The van der Waals surface area contributed by atoms with Crippen LogP contribution in [0.3, 0.4) is 0 Å². The van der Waals surface area contributed by atoms with E-state index in [1.165, 1.54) is 0 Å². The number of benzene rings is 3. The Morgan fingerprint density at radius 1 is 0.875 bits per heavy atom. The van der Waals surface area contributed by atoms with Crippen LogP contribution >= 0.6 is 0 Å². The monoisotopic (exact) mass is 430 g/mol. The molecule has 0 saturated carbocycles. The smallest absolute Gasteiger partial charge is 0.255 e. The topological polar surface area (TPSA) is 67.4 Å². The number of aryl methyl sites for hydroxylation is 1. The fraction of sp³-hybridized carbons (Fsp3) is 0.259. The van der Waals surface area contributed by atoms with Crippen molar-refractivity contribution in [2.24, 2.45) is 5.92 Å². The van der Waals surface area contributed by atoms with Crippen molar-refractivity contribution in [1.82, 2.24) is 5.32 Å². The van der Waals surface area contributed by atoms with Gasteiger partial charge in [0.15, 0.2) is 0 Å². The summed E-state index contributed by atoms with van der Waals surface area (Å²) in [4.78, 5) is 25.1. The molecule has 3 aromatic carbocycles. The summed E-state index contributed by atoms with van der Waals surface area (Å²) >= 11 is 0. The number of carbonyl (C=O) groups excluding carboxylic acids is 2. The van der Waals surface area contributed by atoms with Crippen LogP contribution in [0.2, 0.25) is 0 Å². The van der Waals surface area contributed by atoms with Gasteiger partial charge in [-0.05, 0) is 66.8 Å². The summed E-state index contributed by atoms with van der Waals surface area (Å²) in [5.41, 5.74) is 3.73. The number of ether oxygens (including phenoxy) is 1. The molecule has 0 unspecified atom stereocenters. The lowest BCUT2D eigenvalue weighted by atomic mass is 10.1. The molecular formula is C27H30N2O3. The average molecular weight is 431 g/mol. The van der Waals surface area contributed by atoms with E-state index in [2.05, 4.69) is 24.5 Å². The van der Waals surface area contributed by atoms with Gasteiger partial charge in [0, 0.05) is 23.4 Å². The zero-order valence-electron chi connectivity index (χ0n) is 18.9. The molecule has 2 amide bonds. The minimum Gasteiger partial charge on any atom is -0.493 e. The van der Waals surface area contributed by atoms with Gasteiger partial charge in [-0.25, -0.2) is 0 Å². The highest BCUT2D eigenvalue weighted by atomic mass is 16.5. The zero-order chi connectivity index (χ0) is 22.9. The summed E-state index contributed by atoms with van der Waals surface area (Å²) in [6.45, 7) is 7.34. The summed E-state index contributed by atoms with van der Waals surface area (Å²) in [6, 6.07) is 22.3. The lowest BCUT2D eigenvalue weighted by Crippen LogP contribution is -2.26. The molecule has 0 atom stereocenters. The second-order valence-electron chi connectivity index (χ2n) is 8.20. The van der Waals surface area contributed by atoms with Crippen LogP contribution in [0.1, 0.15) is 45.7 Å². The first-order valence-electron chi connectivity index (χ1n) is 10.9. The lowest BCUT2D eigenvalue weighted by Gasteiger charge is -2.12. The van der Waals surface area contributed by atoms with Gasteiger partial charge in [0.2, 0.25) is 0 Å². The molecule has 0 aromatic heterocycles. The summed E-state index contributed by atoms with van der Waals surface area (Å²) in [6.07, 6.45) is 0.722. The maximum Gasteiger partial charge on any atom is 0.255 e. The van der Waals surface area contributed by atoms with Gasteiger partial charge in [0.05, 0.1) is 6.61 Å². The first-order valence-corrected chi connectivity index (χ1v) is 10.9. The van der Waals surface area contributed by atoms with Crippen molar-refractivity contribution < 1.29 is 14.3 Å². The highest BCUT2D eigenvalue weighted by Gasteiger charge is 2.11. The van der Waals surface area contributed by atoms with E-state index in [1.54, 1.807) is 24.3 Å². The molecule has 0 radical (unpaired) electrons. The third-order valence-corrected chi connectivity index (χ3v) is 4.99. The van der Waals surface area contributed by atoms with Gasteiger partial charge in [-0.3, -0.25) is 9.59 Å². The molecule has 0 aliphatic carbocycles. The van der Waals surface area contributed by atoms with Crippen LogP contribution in [-0.4, -0.2) is 25.0 Å². The summed E-state index contributed by atoms with van der Waals surface area (Å²) in [7, 11) is 0. The molecule has 0 aliphatic rings. The van der Waals surface area contributed by atoms with E-state index in [9.17, 15) is 9.59 Å². The quantitative estimate of drug-likeness (QED) is 0.487. The summed E-state index contributed by atoms with van der Waals surface area (Å²) < 4.78 is 5.70. The molecule has 0 bridgehead atoms. The molecule has 0 spiro atoms. The van der Waals surface area contributed by atoms with Crippen LogP contribution in [0.25, 0.3) is 0 Å². The normalized spacial score (nSPS) is 10.6. The Hall–Kier alpha value is -3.60. The van der Waals surface area contributed by atoms with E-state index in [4.69, 9.17) is 4.74 Å². The number of hydrogen-bond acceptors (Lipinski definition) is 3. The number of rotatable bonds is 9. The Morgan fingerprint density at radius 3 is 2.28 bits per heavy atom. The standard InChI is InChI=1S/C27H30N2O3/c1-19(2)18-32-24-13-10-21(11-14-24)15-16-28-26(30)23-12-9-20(3)25(17-23)29-27(31)22-7-5-4-6-8-22/h4-14,17,19H,15-16,18H2,1-3H3,(H,28,30)(H,29,31). The van der Waals surface area contributed by atoms with Gasteiger partial charge in [0.25, 0.3) is 11.8 Å². The van der Waals surface area contributed by atoms with Crippen LogP contribution in [0, 0.1) is 12.8 Å². The largest absolute Gasteiger partial charge is 0.493 e. The molecule has 5 heteroatoms. The zero-order valence-corrected chi connectivity index (χ0v) is 18.9. The molecule has 5 nitrogen and oxygen atoms in total. The Kier molecular flexibility index (Phi) is 8.03. The van der Waals surface area contributed by atoms with Gasteiger partial charge >= 0.3 is 0 Å². The third-order valence-electron chi connectivity index (χ3n) is 4.99. The fourth-order valence-electron chi connectivity index (χ4n) is 3.12. The first-order chi connectivity index (χ1) is 15.4. The molecule has 0 heterocycles. The van der Waals surface area contributed by atoms with E-state index in [0.717, 1.165) is 23.3 Å². The molecular weight excluding hydrogens is 400 g/mol. The number of amides is 2. The maximum atomic E-state index is 12.6. The Morgan fingerprint density at radius 2 is 1.59 bits per heavy atom. The summed E-state index contributed by atoms with van der Waals surface area (Å²) in [5.74, 6) is 0.972. The van der Waals surface area contributed by atoms with Crippen LogP contribution < -0.4 is 15.4 Å². The second kappa shape index (κ2) is 11.1. The lowest BCUT2D eigenvalue weighted by molar-refractivity contribution is 0.0952. The fourth-order valence-corrected chi connectivity index (χ4v) is 3.12. The Labute approximate surface area is 189 Å². The van der Waals surface area contributed by atoms with E-state index in [0.29, 0.717) is 35.9 Å². The van der Waals surface area contributed by atoms with Crippen molar-refractivity contribution >= 4 is 17.5 Å². The van der Waals surface area contributed by atoms with Crippen molar-refractivity contribution in [3.8, 4) is 5.75 Å². The molecule has 2 N–H and O–H groups in total. The van der Waals surface area contributed by atoms with Gasteiger partial charge < -0.3 is 15.4 Å². The Bertz CT molecular complexity index is 1040. The SMILES string of the molecule is Cc1ccc(C(=O)NCCc2ccc(OCC(C)C)cc2)cc1NC(=O)c1ccccc1. The summed E-state index contributed by atoms with van der Waals surface area (Å²) in [5, 5.41) is 5.85. The van der Waals surface area contributed by atoms with E-state index in [-0.39, 0.29) is 11.8 Å². The molecule has 0 saturated heterocycles. The molecule has 3 rings (SSSR count). The van der Waals surface area contributed by atoms with Crippen molar-refractivity contribution in [2.45, 2.75) is 27.2 Å². The number of hydrogen-bond donors (Lipinski definition) is 2. The van der Waals surface area contributed by atoms with Gasteiger partial charge in [-0.1, -0.05) is 50.2 Å². The van der Waals surface area contributed by atoms with Crippen molar-refractivity contribution in [3.05, 3.63) is 95.1 Å². The maximum absolute atomic E-state index is 12.6. The van der Waals surface area contributed by atoms with Crippen LogP contribution in [-0.2, 0) is 6.42 Å². The predicted molar refractivity (Wildman–Crippen MR) is 128 cm³/mol. The van der Waals surface area contributed by atoms with E-state index in [1.807, 2.05) is 55.5 Å². The Balaban J connectivity index is 1.54. The van der Waals surface area contributed by atoms with E-state index < -0.39 is 0 Å². The highest BCUT2D eigenvalue weighted by Crippen LogP contribution is 2.18. The number of anilines is 1. The number of nitrogens with one attached hydrogen (secondary N) is 2. The number of carbonyl (C=O) groups is 2. The first kappa shape index (κ1) is 23.1. The van der Waals surface area contributed by atoms with Crippen molar-refractivity contribution in [2.75, 3.05) is 18.5 Å². The molecule has 166 valence electrons. The minimum absolute atomic E-state index is 0.169. The predicted octanol–water partition coefficient (Wildman–Crippen LogP) is 5.25. The molecule has 0 fully saturated rings. The van der Waals surface area contributed by atoms with E-state index >= 15 is 0 Å².